The van der Waals surface area contributed by atoms with Gasteiger partial charge in [0.05, 0.1) is 5.41 Å². The fourth-order valence-electron chi connectivity index (χ4n) is 4.52. The lowest BCUT2D eigenvalue weighted by Gasteiger charge is -2.31. The average molecular weight is 412 g/mol. The van der Waals surface area contributed by atoms with E-state index in [9.17, 15) is 4.79 Å². The zero-order valence-corrected chi connectivity index (χ0v) is 17.4. The molecule has 2 heterocycles. The molecule has 0 bridgehead atoms. The van der Waals surface area contributed by atoms with Crippen LogP contribution >= 0.6 is 11.3 Å². The third-order valence-corrected chi connectivity index (χ3v) is 6.66. The Morgan fingerprint density at radius 3 is 2.57 bits per heavy atom. The minimum atomic E-state index is -0.605. The molecule has 0 spiro atoms. The lowest BCUT2D eigenvalue weighted by Crippen LogP contribution is -2.37. The van der Waals surface area contributed by atoms with Crippen LogP contribution in [0.4, 0.5) is 5.13 Å². The first-order chi connectivity index (χ1) is 14.6. The molecule has 2 aromatic carbocycles. The maximum atomic E-state index is 13.5. The van der Waals surface area contributed by atoms with E-state index in [4.69, 9.17) is 0 Å². The first kappa shape index (κ1) is 18.7. The summed E-state index contributed by atoms with van der Waals surface area (Å²) >= 11 is 1.44. The van der Waals surface area contributed by atoms with E-state index in [0.717, 1.165) is 16.7 Å². The van der Waals surface area contributed by atoms with E-state index in [2.05, 4.69) is 52.5 Å². The number of amides is 1. The number of aromatic nitrogens is 2. The van der Waals surface area contributed by atoms with Gasteiger partial charge in [0.2, 0.25) is 5.91 Å². The Morgan fingerprint density at radius 2 is 1.83 bits per heavy atom. The van der Waals surface area contributed by atoms with Gasteiger partial charge in [0, 0.05) is 29.9 Å². The van der Waals surface area contributed by atoms with Crippen LogP contribution in [0, 0.1) is 5.41 Å². The summed E-state index contributed by atoms with van der Waals surface area (Å²) in [5, 5.41) is 5.56. The van der Waals surface area contributed by atoms with Crippen LogP contribution in [0.1, 0.15) is 29.5 Å². The first-order valence-electron chi connectivity index (χ1n) is 9.94. The Bertz CT molecular complexity index is 1180. The number of fused-ring (bicyclic) bond motifs is 1. The van der Waals surface area contributed by atoms with Crippen LogP contribution in [-0.2, 0) is 11.2 Å². The fraction of sp³-hybridized carbons (Fsp3) is 0.160. The predicted molar refractivity (Wildman–Crippen MR) is 121 cm³/mol. The molecule has 1 amide bonds. The Hall–Kier alpha value is -3.31. The van der Waals surface area contributed by atoms with Gasteiger partial charge in [-0.1, -0.05) is 48.5 Å². The standard InChI is InChI=1S/C25H21N3OS/c1-25(23(29)28-24-27-13-14-30-24)16-20-8-7-19(17-9-11-26-12-10-17)15-21(20)22(25)18-5-3-2-4-6-18/h2-15,22H,16H2,1H3,(H,27,28,29). The maximum absolute atomic E-state index is 13.5. The lowest BCUT2D eigenvalue weighted by molar-refractivity contribution is -0.125. The van der Waals surface area contributed by atoms with Crippen molar-refractivity contribution in [3.05, 3.63) is 101 Å². The van der Waals surface area contributed by atoms with Gasteiger partial charge < -0.3 is 5.32 Å². The summed E-state index contributed by atoms with van der Waals surface area (Å²) in [6.07, 6.45) is 6.02. The molecule has 0 radical (unpaired) electrons. The van der Waals surface area contributed by atoms with Gasteiger partial charge in [0.15, 0.2) is 5.13 Å². The molecule has 1 N–H and O–H groups in total. The number of anilines is 1. The van der Waals surface area contributed by atoms with Crippen LogP contribution in [0.15, 0.2) is 84.6 Å². The van der Waals surface area contributed by atoms with Gasteiger partial charge in [-0.05, 0) is 53.3 Å². The zero-order valence-electron chi connectivity index (χ0n) is 16.6. The normalized spacial score (nSPS) is 20.0. The molecule has 0 saturated carbocycles. The van der Waals surface area contributed by atoms with Crippen LogP contribution < -0.4 is 5.32 Å². The highest BCUT2D eigenvalue weighted by atomic mass is 32.1. The van der Waals surface area contributed by atoms with Crippen molar-refractivity contribution in [2.24, 2.45) is 5.41 Å². The molecule has 2 atom stereocenters. The van der Waals surface area contributed by atoms with E-state index in [1.165, 1.54) is 22.5 Å². The number of hydrogen-bond donors (Lipinski definition) is 1. The SMILES string of the molecule is CC1(C(=O)Nc2nccs2)Cc2ccc(-c3ccncc3)cc2C1c1ccccc1. The number of pyridine rings is 1. The van der Waals surface area contributed by atoms with E-state index in [-0.39, 0.29) is 11.8 Å². The van der Waals surface area contributed by atoms with E-state index in [0.29, 0.717) is 11.6 Å². The second kappa shape index (κ2) is 7.50. The minimum absolute atomic E-state index is 0.00737. The van der Waals surface area contributed by atoms with Gasteiger partial charge in [0.1, 0.15) is 0 Å². The van der Waals surface area contributed by atoms with Crippen molar-refractivity contribution in [2.75, 3.05) is 5.32 Å². The van der Waals surface area contributed by atoms with Crippen molar-refractivity contribution in [3.63, 3.8) is 0 Å². The molecule has 0 fully saturated rings. The highest BCUT2D eigenvalue weighted by Crippen LogP contribution is 2.52. The Morgan fingerprint density at radius 1 is 1.03 bits per heavy atom. The smallest absolute Gasteiger partial charge is 0.233 e. The van der Waals surface area contributed by atoms with Crippen LogP contribution in [0.5, 0.6) is 0 Å². The molecule has 2 unspecified atom stereocenters. The molecule has 1 aliphatic rings. The molecule has 148 valence electrons. The first-order valence-corrected chi connectivity index (χ1v) is 10.8. The largest absolute Gasteiger partial charge is 0.301 e. The highest BCUT2D eigenvalue weighted by Gasteiger charge is 2.48. The quantitative estimate of drug-likeness (QED) is 0.480. The average Bonchev–Trinajstić information content (AvgIpc) is 3.40. The summed E-state index contributed by atoms with van der Waals surface area (Å²) in [4.78, 5) is 21.9. The molecule has 5 rings (SSSR count). The molecular formula is C25H21N3OS. The number of nitrogens with one attached hydrogen (secondary N) is 1. The van der Waals surface area contributed by atoms with E-state index in [1.54, 1.807) is 6.20 Å². The van der Waals surface area contributed by atoms with Crippen molar-refractivity contribution in [1.82, 2.24) is 9.97 Å². The second-order valence-corrected chi connectivity index (χ2v) is 8.77. The number of benzene rings is 2. The van der Waals surface area contributed by atoms with E-state index < -0.39 is 5.41 Å². The van der Waals surface area contributed by atoms with E-state index >= 15 is 0 Å². The maximum Gasteiger partial charge on any atom is 0.233 e. The Balaban J connectivity index is 1.60. The number of carbonyl (C=O) groups is 1. The van der Waals surface area contributed by atoms with Crippen LogP contribution in [0.25, 0.3) is 11.1 Å². The monoisotopic (exact) mass is 411 g/mol. The van der Waals surface area contributed by atoms with E-state index in [1.807, 2.05) is 48.1 Å². The number of nitrogens with zero attached hydrogens (tertiary/aromatic N) is 2. The van der Waals surface area contributed by atoms with Gasteiger partial charge in [0.25, 0.3) is 0 Å². The lowest BCUT2D eigenvalue weighted by atomic mass is 9.73. The van der Waals surface area contributed by atoms with Gasteiger partial charge in [-0.25, -0.2) is 4.98 Å². The molecule has 2 aromatic heterocycles. The number of rotatable bonds is 4. The molecular weight excluding hydrogens is 390 g/mol. The summed E-state index contributed by atoms with van der Waals surface area (Å²) in [6.45, 7) is 2.07. The fourth-order valence-corrected chi connectivity index (χ4v) is 5.04. The van der Waals surface area contributed by atoms with Crippen molar-refractivity contribution < 1.29 is 4.79 Å². The number of thiazole rings is 1. The third-order valence-electron chi connectivity index (χ3n) is 5.97. The molecule has 30 heavy (non-hydrogen) atoms. The molecule has 4 nitrogen and oxygen atoms in total. The number of carbonyl (C=O) groups excluding carboxylic acids is 1. The Kier molecular flexibility index (Phi) is 4.68. The summed E-state index contributed by atoms with van der Waals surface area (Å²) in [7, 11) is 0. The third kappa shape index (κ3) is 3.21. The predicted octanol–water partition coefficient (Wildman–Crippen LogP) is 5.54. The van der Waals surface area contributed by atoms with Gasteiger partial charge >= 0.3 is 0 Å². The molecule has 4 aromatic rings. The summed E-state index contributed by atoms with van der Waals surface area (Å²) in [5.74, 6) is -0.0246. The van der Waals surface area contributed by atoms with Gasteiger partial charge in [-0.3, -0.25) is 9.78 Å². The molecule has 0 aliphatic heterocycles. The van der Waals surface area contributed by atoms with Crippen LogP contribution in [0.2, 0.25) is 0 Å². The van der Waals surface area contributed by atoms with Gasteiger partial charge in [-0.2, -0.15) is 0 Å². The summed E-state index contributed by atoms with van der Waals surface area (Å²) in [6, 6.07) is 20.9. The number of hydrogen-bond acceptors (Lipinski definition) is 4. The van der Waals surface area contributed by atoms with Crippen molar-refractivity contribution in [1.29, 1.82) is 0 Å². The van der Waals surface area contributed by atoms with Crippen LogP contribution in [0.3, 0.4) is 0 Å². The topological polar surface area (TPSA) is 54.9 Å². The summed E-state index contributed by atoms with van der Waals surface area (Å²) in [5.41, 5.74) is 5.25. The van der Waals surface area contributed by atoms with Crippen molar-refractivity contribution in [2.45, 2.75) is 19.3 Å². The summed E-state index contributed by atoms with van der Waals surface area (Å²) < 4.78 is 0. The van der Waals surface area contributed by atoms with Crippen molar-refractivity contribution >= 4 is 22.4 Å². The minimum Gasteiger partial charge on any atom is -0.301 e. The van der Waals surface area contributed by atoms with Gasteiger partial charge in [-0.15, -0.1) is 11.3 Å². The zero-order chi connectivity index (χ0) is 20.6. The molecule has 1 aliphatic carbocycles. The second-order valence-electron chi connectivity index (χ2n) is 7.88. The molecule has 0 saturated heterocycles. The van der Waals surface area contributed by atoms with Crippen LogP contribution in [-0.4, -0.2) is 15.9 Å². The molecule has 5 heteroatoms. The van der Waals surface area contributed by atoms with Crippen molar-refractivity contribution in [3.8, 4) is 11.1 Å². The highest BCUT2D eigenvalue weighted by molar-refractivity contribution is 7.13. The Labute approximate surface area is 179 Å².